The largest absolute Gasteiger partial charge is 0.399 e. The van der Waals surface area contributed by atoms with Gasteiger partial charge in [-0.05, 0) is 12.1 Å². The summed E-state index contributed by atoms with van der Waals surface area (Å²) in [7, 11) is -4.55. The molecule has 1 rings (SSSR count). The Morgan fingerprint density at radius 1 is 1.31 bits per heavy atom. The number of rotatable bonds is 2. The summed E-state index contributed by atoms with van der Waals surface area (Å²) >= 11 is 0. The van der Waals surface area contributed by atoms with E-state index in [9.17, 15) is 22.0 Å². The number of carbonyl (C=O) groups excluding carboxylic acids is 1. The summed E-state index contributed by atoms with van der Waals surface area (Å²) in [5.41, 5.74) is 9.40. The van der Waals surface area contributed by atoms with Gasteiger partial charge in [-0.25, -0.2) is 26.7 Å². The molecule has 0 atom stereocenters. The predicted molar refractivity (Wildman–Crippen MR) is 50.7 cm³/mol. The number of anilines is 1. The number of halogens is 2. The Balaban J connectivity index is 3.39. The fraction of sp³-hybridized carbons (Fsp3) is 0. The number of nitrogens with two attached hydrogens (primary N) is 2. The number of hydrogen-bond donors (Lipinski definition) is 3. The van der Waals surface area contributed by atoms with Crippen LogP contribution in [-0.2, 0) is 10.0 Å². The third-order valence-electron chi connectivity index (χ3n) is 1.54. The molecule has 0 unspecified atom stereocenters. The summed E-state index contributed by atoms with van der Waals surface area (Å²) in [6.07, 6.45) is 0. The lowest BCUT2D eigenvalue weighted by Crippen LogP contribution is -2.35. The molecule has 0 saturated carbocycles. The van der Waals surface area contributed by atoms with Gasteiger partial charge in [-0.3, -0.25) is 0 Å². The van der Waals surface area contributed by atoms with Gasteiger partial charge in [0.2, 0.25) is 0 Å². The van der Waals surface area contributed by atoms with Crippen molar-refractivity contribution in [2.75, 3.05) is 5.73 Å². The van der Waals surface area contributed by atoms with Gasteiger partial charge in [-0.15, -0.1) is 0 Å². The van der Waals surface area contributed by atoms with E-state index in [4.69, 9.17) is 5.73 Å². The fourth-order valence-electron chi connectivity index (χ4n) is 0.967. The summed E-state index contributed by atoms with van der Waals surface area (Å²) < 4.78 is 49.8. The molecule has 1 aromatic rings. The zero-order chi connectivity index (χ0) is 12.5. The van der Waals surface area contributed by atoms with Crippen LogP contribution in [0.1, 0.15) is 0 Å². The molecule has 0 aliphatic carbocycles. The minimum Gasteiger partial charge on any atom is -0.399 e. The summed E-state index contributed by atoms with van der Waals surface area (Å²) in [6, 6.07) is -0.135. The van der Waals surface area contributed by atoms with Crippen molar-refractivity contribution in [1.29, 1.82) is 0 Å². The van der Waals surface area contributed by atoms with E-state index in [1.807, 2.05) is 0 Å². The standard InChI is InChI=1S/C7H7F2N3O3S/c8-4-1-3(10)2-5(6(4)9)16(14,15)12-7(11)13/h1-2H,10H2,(H3,11,12,13). The maximum atomic E-state index is 13.1. The van der Waals surface area contributed by atoms with Crippen molar-refractivity contribution in [1.82, 2.24) is 4.72 Å². The molecule has 16 heavy (non-hydrogen) atoms. The van der Waals surface area contributed by atoms with Crippen LogP contribution in [0.3, 0.4) is 0 Å². The molecule has 0 heterocycles. The molecule has 88 valence electrons. The summed E-state index contributed by atoms with van der Waals surface area (Å²) in [4.78, 5) is 9.27. The van der Waals surface area contributed by atoms with E-state index in [1.165, 1.54) is 4.72 Å². The molecule has 5 N–H and O–H groups in total. The Kier molecular flexibility index (Phi) is 2.99. The highest BCUT2D eigenvalue weighted by molar-refractivity contribution is 7.90. The lowest BCUT2D eigenvalue weighted by atomic mass is 10.3. The van der Waals surface area contributed by atoms with Gasteiger partial charge in [0.15, 0.2) is 11.6 Å². The van der Waals surface area contributed by atoms with Crippen molar-refractivity contribution < 1.29 is 22.0 Å². The molecule has 0 radical (unpaired) electrons. The highest BCUT2D eigenvalue weighted by Crippen LogP contribution is 2.20. The molecule has 2 amide bonds. The van der Waals surface area contributed by atoms with Crippen LogP contribution in [0.25, 0.3) is 0 Å². The van der Waals surface area contributed by atoms with E-state index in [0.717, 1.165) is 0 Å². The molecular formula is C7H7F2N3O3S. The molecule has 0 aliphatic rings. The number of carbonyl (C=O) groups is 1. The van der Waals surface area contributed by atoms with Crippen LogP contribution in [0.15, 0.2) is 17.0 Å². The van der Waals surface area contributed by atoms with Gasteiger partial charge in [-0.1, -0.05) is 0 Å². The van der Waals surface area contributed by atoms with Crippen LogP contribution in [0, 0.1) is 11.6 Å². The molecule has 9 heteroatoms. The zero-order valence-electron chi connectivity index (χ0n) is 7.70. The molecule has 1 aromatic carbocycles. The van der Waals surface area contributed by atoms with Crippen LogP contribution in [0.2, 0.25) is 0 Å². The molecule has 0 aliphatic heterocycles. The second kappa shape index (κ2) is 3.93. The van der Waals surface area contributed by atoms with Gasteiger partial charge in [0.1, 0.15) is 4.90 Å². The first-order valence-corrected chi connectivity index (χ1v) is 5.29. The van der Waals surface area contributed by atoms with Crippen molar-refractivity contribution in [3.63, 3.8) is 0 Å². The molecular weight excluding hydrogens is 244 g/mol. The molecule has 0 fully saturated rings. The highest BCUT2D eigenvalue weighted by atomic mass is 32.2. The van der Waals surface area contributed by atoms with Crippen LogP contribution in [-0.4, -0.2) is 14.4 Å². The van der Waals surface area contributed by atoms with E-state index in [2.05, 4.69) is 5.73 Å². The summed E-state index contributed by atoms with van der Waals surface area (Å²) in [5.74, 6) is -3.08. The first-order chi connectivity index (χ1) is 7.24. The summed E-state index contributed by atoms with van der Waals surface area (Å²) in [6.45, 7) is 0. The SMILES string of the molecule is NC(=O)NS(=O)(=O)c1cc(N)cc(F)c1F. The molecule has 0 spiro atoms. The Morgan fingerprint density at radius 3 is 2.38 bits per heavy atom. The Morgan fingerprint density at radius 2 is 1.88 bits per heavy atom. The molecule has 0 saturated heterocycles. The minimum atomic E-state index is -4.55. The van der Waals surface area contributed by atoms with Gasteiger partial charge in [-0.2, -0.15) is 0 Å². The third-order valence-corrected chi connectivity index (χ3v) is 2.89. The lowest BCUT2D eigenvalue weighted by molar-refractivity contribution is 0.253. The van der Waals surface area contributed by atoms with Crippen molar-refractivity contribution >= 4 is 21.7 Å². The van der Waals surface area contributed by atoms with E-state index in [-0.39, 0.29) is 5.69 Å². The smallest absolute Gasteiger partial charge is 0.326 e. The van der Waals surface area contributed by atoms with Crippen molar-refractivity contribution in [3.05, 3.63) is 23.8 Å². The van der Waals surface area contributed by atoms with Gasteiger partial charge in [0.05, 0.1) is 0 Å². The third kappa shape index (κ3) is 2.37. The van der Waals surface area contributed by atoms with Crippen LogP contribution >= 0.6 is 0 Å². The number of sulfonamides is 1. The van der Waals surface area contributed by atoms with E-state index in [1.54, 1.807) is 0 Å². The number of primary amides is 1. The highest BCUT2D eigenvalue weighted by Gasteiger charge is 2.23. The Labute approximate surface area is 89.3 Å². The second-order valence-electron chi connectivity index (χ2n) is 2.78. The quantitative estimate of drug-likeness (QED) is 0.636. The van der Waals surface area contributed by atoms with Gasteiger partial charge in [0.25, 0.3) is 10.0 Å². The van der Waals surface area contributed by atoms with Crippen LogP contribution in [0.4, 0.5) is 19.3 Å². The second-order valence-corrected chi connectivity index (χ2v) is 4.44. The Hall–Kier alpha value is -1.90. The first kappa shape index (κ1) is 12.2. The van der Waals surface area contributed by atoms with Crippen LogP contribution < -0.4 is 16.2 Å². The predicted octanol–water partition coefficient (Wildman–Crippen LogP) is -0.0960. The number of nitrogens with one attached hydrogen (secondary N) is 1. The lowest BCUT2D eigenvalue weighted by Gasteiger charge is -2.06. The molecule has 0 bridgehead atoms. The van der Waals surface area contributed by atoms with E-state index in [0.29, 0.717) is 12.1 Å². The molecule has 0 aromatic heterocycles. The van der Waals surface area contributed by atoms with Crippen LogP contribution in [0.5, 0.6) is 0 Å². The Bertz CT molecular complexity index is 544. The van der Waals surface area contributed by atoms with Gasteiger partial charge < -0.3 is 11.5 Å². The number of nitrogen functional groups attached to an aromatic ring is 1. The minimum absolute atomic E-state index is 0.302. The maximum absolute atomic E-state index is 13.1. The van der Waals surface area contributed by atoms with Gasteiger partial charge in [0, 0.05) is 5.69 Å². The number of benzene rings is 1. The number of urea groups is 1. The van der Waals surface area contributed by atoms with Crippen molar-refractivity contribution in [2.24, 2.45) is 5.73 Å². The molecule has 6 nitrogen and oxygen atoms in total. The first-order valence-electron chi connectivity index (χ1n) is 3.81. The van der Waals surface area contributed by atoms with Crippen molar-refractivity contribution in [2.45, 2.75) is 4.90 Å². The van der Waals surface area contributed by atoms with Gasteiger partial charge >= 0.3 is 6.03 Å². The zero-order valence-corrected chi connectivity index (χ0v) is 8.51. The topological polar surface area (TPSA) is 115 Å². The number of hydrogen-bond acceptors (Lipinski definition) is 4. The normalized spacial score (nSPS) is 11.1. The average molecular weight is 251 g/mol. The average Bonchev–Trinajstić information content (AvgIpc) is 2.08. The monoisotopic (exact) mass is 251 g/mol. The van der Waals surface area contributed by atoms with Crippen molar-refractivity contribution in [3.8, 4) is 0 Å². The van der Waals surface area contributed by atoms with E-state index >= 15 is 0 Å². The maximum Gasteiger partial charge on any atom is 0.326 e. The summed E-state index contributed by atoms with van der Waals surface area (Å²) in [5, 5.41) is 0. The number of amides is 2. The fourth-order valence-corrected chi connectivity index (χ4v) is 1.97. The van der Waals surface area contributed by atoms with E-state index < -0.39 is 32.6 Å².